The van der Waals surface area contributed by atoms with E-state index in [1.807, 2.05) is 43.3 Å². The molecule has 0 bridgehead atoms. The molecular formula is C25H29N7O. The summed E-state index contributed by atoms with van der Waals surface area (Å²) >= 11 is 0. The van der Waals surface area contributed by atoms with E-state index in [4.69, 9.17) is 39.2 Å². The predicted molar refractivity (Wildman–Crippen MR) is 134 cm³/mol. The Morgan fingerprint density at radius 3 is 1.91 bits per heavy atom. The first-order chi connectivity index (χ1) is 15.6. The Bertz CT molecular complexity index is 1200. The average molecular weight is 444 g/mol. The molecule has 0 amide bonds. The zero-order valence-corrected chi connectivity index (χ0v) is 18.5. The van der Waals surface area contributed by atoms with Gasteiger partial charge in [0.05, 0.1) is 0 Å². The molecule has 8 nitrogen and oxygen atoms in total. The third-order valence-corrected chi connectivity index (χ3v) is 4.92. The summed E-state index contributed by atoms with van der Waals surface area (Å²) in [5.74, 6) is 0.397. The summed E-state index contributed by atoms with van der Waals surface area (Å²) in [7, 11) is 0. The number of ketones is 1. The maximum absolute atomic E-state index is 11.3. The number of amidine groups is 3. The van der Waals surface area contributed by atoms with Crippen LogP contribution in [-0.2, 0) is 6.42 Å². The topological polar surface area (TPSA) is 193 Å². The number of nitrogens with two attached hydrogens (primary N) is 4. The Hall–Kier alpha value is -4.46. The van der Waals surface area contributed by atoms with Crippen LogP contribution < -0.4 is 22.9 Å². The second-order valence-corrected chi connectivity index (χ2v) is 7.49. The largest absolute Gasteiger partial charge is 0.398 e. The normalized spacial score (nSPS) is 11.2. The van der Waals surface area contributed by atoms with Crippen LogP contribution in [0.25, 0.3) is 0 Å². The van der Waals surface area contributed by atoms with Gasteiger partial charge < -0.3 is 22.9 Å². The number of nitrogen functional groups attached to an aromatic ring is 4. The zero-order valence-electron chi connectivity index (χ0n) is 18.5. The van der Waals surface area contributed by atoms with Gasteiger partial charge in [-0.15, -0.1) is 0 Å². The Morgan fingerprint density at radius 2 is 1.39 bits per heavy atom. The number of fused-ring (bicyclic) bond motifs is 1. The monoisotopic (exact) mass is 443 g/mol. The van der Waals surface area contributed by atoms with Crippen molar-refractivity contribution < 1.29 is 4.79 Å². The lowest BCUT2D eigenvalue weighted by molar-refractivity contribution is 0.0994. The van der Waals surface area contributed by atoms with Gasteiger partial charge in [0.1, 0.15) is 17.5 Å². The molecule has 1 aliphatic rings. The van der Waals surface area contributed by atoms with E-state index < -0.39 is 0 Å². The van der Waals surface area contributed by atoms with E-state index in [1.165, 1.54) is 0 Å². The maximum Gasteiger partial charge on any atom is 0.163 e. The molecule has 8 heteroatoms. The van der Waals surface area contributed by atoms with Crippen LogP contribution in [0.5, 0.6) is 0 Å². The maximum atomic E-state index is 11.3. The molecule has 0 spiro atoms. The summed E-state index contributed by atoms with van der Waals surface area (Å²) in [6.45, 7) is 1.98. The molecule has 170 valence electrons. The molecule has 1 aliphatic carbocycles. The molecule has 0 heterocycles. The van der Waals surface area contributed by atoms with Crippen molar-refractivity contribution in [1.29, 1.82) is 16.2 Å². The second-order valence-electron chi connectivity index (χ2n) is 7.49. The molecule has 0 radical (unpaired) electrons. The van der Waals surface area contributed by atoms with E-state index in [2.05, 4.69) is 0 Å². The average Bonchev–Trinajstić information content (AvgIpc) is 3.15. The van der Waals surface area contributed by atoms with Gasteiger partial charge in [-0.3, -0.25) is 21.0 Å². The standard InChI is InChI=1S/C10H10N2O.C8H10N2.C7H9N3/c11-10(12)7-1-3-8-6(5-7)2-4-9(8)13;1-6-3-2-4-7(5-6)8(9)10;8-6-4-2-1-3-5(6)7(9)10/h1,3,5H,2,4H2,(H3,11,12);2-5H,1H3,(H3,9,10);1-4H,8H2,(H3,9,10). The van der Waals surface area contributed by atoms with Crippen LogP contribution in [0.4, 0.5) is 5.69 Å². The van der Waals surface area contributed by atoms with Crippen molar-refractivity contribution in [1.82, 2.24) is 0 Å². The number of para-hydroxylation sites is 1. The van der Waals surface area contributed by atoms with Gasteiger partial charge in [-0.05, 0) is 43.2 Å². The van der Waals surface area contributed by atoms with Gasteiger partial charge in [-0.25, -0.2) is 0 Å². The lowest BCUT2D eigenvalue weighted by atomic mass is 10.1. The SMILES string of the molecule is Cc1cccc(C(=N)N)c1.N=C(N)c1ccc2c(c1)CCC2=O.N=C(N)c1ccccc1N. The number of nitrogens with one attached hydrogen (secondary N) is 3. The second kappa shape index (κ2) is 11.2. The molecule has 11 N–H and O–H groups in total. The highest BCUT2D eigenvalue weighted by Crippen LogP contribution is 2.22. The molecule has 0 aromatic heterocycles. The molecule has 0 aliphatic heterocycles. The summed E-state index contributed by atoms with van der Waals surface area (Å²) in [6.07, 6.45) is 1.38. The Balaban J connectivity index is 0.000000178. The summed E-state index contributed by atoms with van der Waals surface area (Å²) in [4.78, 5) is 11.3. The minimum atomic E-state index is 0.0121. The predicted octanol–water partition coefficient (Wildman–Crippen LogP) is 2.93. The number of anilines is 1. The summed E-state index contributed by atoms with van der Waals surface area (Å²) in [6, 6.07) is 20.0. The lowest BCUT2D eigenvalue weighted by Crippen LogP contribution is -2.12. The Morgan fingerprint density at radius 1 is 0.758 bits per heavy atom. The third-order valence-electron chi connectivity index (χ3n) is 4.92. The fourth-order valence-corrected chi connectivity index (χ4v) is 3.18. The fraction of sp³-hybridized carbons (Fsp3) is 0.120. The van der Waals surface area contributed by atoms with Gasteiger partial charge in [0.25, 0.3) is 0 Å². The minimum Gasteiger partial charge on any atom is -0.398 e. The van der Waals surface area contributed by atoms with Crippen LogP contribution in [0.15, 0.2) is 66.7 Å². The van der Waals surface area contributed by atoms with E-state index in [1.54, 1.807) is 30.3 Å². The zero-order chi connectivity index (χ0) is 24.5. The van der Waals surface area contributed by atoms with Crippen LogP contribution in [0.1, 0.15) is 44.6 Å². The Labute approximate surface area is 193 Å². The molecule has 0 fully saturated rings. The van der Waals surface area contributed by atoms with Gasteiger partial charge >= 0.3 is 0 Å². The highest BCUT2D eigenvalue weighted by molar-refractivity contribution is 6.02. The highest BCUT2D eigenvalue weighted by Gasteiger charge is 2.19. The van der Waals surface area contributed by atoms with Crippen LogP contribution in [0.3, 0.4) is 0 Å². The van der Waals surface area contributed by atoms with Crippen molar-refractivity contribution >= 4 is 29.0 Å². The van der Waals surface area contributed by atoms with Gasteiger partial charge in [0.15, 0.2) is 5.78 Å². The number of benzene rings is 3. The Kier molecular flexibility index (Phi) is 8.45. The minimum absolute atomic E-state index is 0.0121. The summed E-state index contributed by atoms with van der Waals surface area (Å²) < 4.78 is 0. The van der Waals surface area contributed by atoms with E-state index >= 15 is 0 Å². The third kappa shape index (κ3) is 7.03. The lowest BCUT2D eigenvalue weighted by Gasteiger charge is -2.01. The van der Waals surface area contributed by atoms with Crippen molar-refractivity contribution in [2.24, 2.45) is 17.2 Å². The van der Waals surface area contributed by atoms with Crippen molar-refractivity contribution in [3.05, 3.63) is 100 Å². The number of carbonyl (C=O) groups excluding carboxylic acids is 1. The first-order valence-electron chi connectivity index (χ1n) is 10.2. The smallest absolute Gasteiger partial charge is 0.163 e. The number of carbonyl (C=O) groups is 1. The molecular weight excluding hydrogens is 414 g/mol. The number of rotatable bonds is 3. The van der Waals surface area contributed by atoms with Crippen LogP contribution >= 0.6 is 0 Å². The van der Waals surface area contributed by atoms with Crippen molar-refractivity contribution in [2.75, 3.05) is 5.73 Å². The van der Waals surface area contributed by atoms with Crippen molar-refractivity contribution in [2.45, 2.75) is 19.8 Å². The molecule has 0 atom stereocenters. The molecule has 4 rings (SSSR count). The van der Waals surface area contributed by atoms with E-state index in [0.29, 0.717) is 23.2 Å². The van der Waals surface area contributed by atoms with Gasteiger partial charge in [0, 0.05) is 34.4 Å². The van der Waals surface area contributed by atoms with Gasteiger partial charge in [-0.1, -0.05) is 48.0 Å². The van der Waals surface area contributed by atoms with Crippen LogP contribution in [0.2, 0.25) is 0 Å². The number of aryl methyl sites for hydroxylation is 2. The summed E-state index contributed by atoms with van der Waals surface area (Å²) in [5.41, 5.74) is 26.9. The first-order valence-corrected chi connectivity index (χ1v) is 10.2. The molecule has 3 aromatic rings. The number of hydrogen-bond acceptors (Lipinski definition) is 5. The van der Waals surface area contributed by atoms with Crippen molar-refractivity contribution in [3.63, 3.8) is 0 Å². The van der Waals surface area contributed by atoms with E-state index in [0.717, 1.165) is 28.7 Å². The van der Waals surface area contributed by atoms with Crippen molar-refractivity contribution in [3.8, 4) is 0 Å². The highest BCUT2D eigenvalue weighted by atomic mass is 16.1. The first kappa shape index (κ1) is 24.8. The number of hydrogen-bond donors (Lipinski definition) is 7. The molecule has 33 heavy (non-hydrogen) atoms. The quantitative estimate of drug-likeness (QED) is 0.185. The van der Waals surface area contributed by atoms with E-state index in [9.17, 15) is 4.79 Å². The van der Waals surface area contributed by atoms with Crippen LogP contribution in [0, 0.1) is 23.2 Å². The molecule has 0 unspecified atom stereocenters. The van der Waals surface area contributed by atoms with E-state index in [-0.39, 0.29) is 23.3 Å². The molecule has 0 saturated carbocycles. The van der Waals surface area contributed by atoms with Gasteiger partial charge in [-0.2, -0.15) is 0 Å². The van der Waals surface area contributed by atoms with Crippen LogP contribution in [-0.4, -0.2) is 23.3 Å². The molecule has 3 aromatic carbocycles. The van der Waals surface area contributed by atoms with Gasteiger partial charge in [0.2, 0.25) is 0 Å². The summed E-state index contributed by atoms with van der Waals surface area (Å²) in [5, 5.41) is 21.4. The fourth-order valence-electron chi connectivity index (χ4n) is 3.18. The molecule has 0 saturated heterocycles. The number of Topliss-reactive ketones (excluding diaryl/α,β-unsaturated/α-hetero) is 1.